The predicted octanol–water partition coefficient (Wildman–Crippen LogP) is 4.87. The molecule has 0 spiro atoms. The first kappa shape index (κ1) is 15.0. The van der Waals surface area contributed by atoms with E-state index in [0.29, 0.717) is 17.1 Å². The van der Waals surface area contributed by atoms with Crippen molar-refractivity contribution in [1.29, 1.82) is 0 Å². The quantitative estimate of drug-likeness (QED) is 0.847. The van der Waals surface area contributed by atoms with E-state index in [4.69, 9.17) is 11.6 Å². The van der Waals surface area contributed by atoms with Crippen LogP contribution in [-0.4, -0.2) is 6.54 Å². The monoisotopic (exact) mass is 291 g/mol. The summed E-state index contributed by atoms with van der Waals surface area (Å²) < 4.78 is 13.8. The van der Waals surface area contributed by atoms with Crippen LogP contribution < -0.4 is 5.32 Å². The van der Waals surface area contributed by atoms with Gasteiger partial charge in [-0.15, -0.1) is 0 Å². The van der Waals surface area contributed by atoms with E-state index in [1.165, 1.54) is 11.6 Å². The summed E-state index contributed by atoms with van der Waals surface area (Å²) in [4.78, 5) is 0. The van der Waals surface area contributed by atoms with Gasteiger partial charge in [-0.05, 0) is 61.3 Å². The average molecular weight is 292 g/mol. The number of rotatable bonds is 4. The number of benzene rings is 2. The van der Waals surface area contributed by atoms with Gasteiger partial charge in [-0.3, -0.25) is 0 Å². The molecule has 0 bridgehead atoms. The summed E-state index contributed by atoms with van der Waals surface area (Å²) >= 11 is 6.32. The van der Waals surface area contributed by atoms with Crippen LogP contribution in [0.2, 0.25) is 5.02 Å². The number of halogens is 2. The van der Waals surface area contributed by atoms with Crippen molar-refractivity contribution in [2.75, 3.05) is 6.54 Å². The zero-order valence-corrected chi connectivity index (χ0v) is 12.8. The maximum absolute atomic E-state index is 13.8. The standard InChI is InChI=1S/C17H19ClFN/c1-4-20-10-14-9-13(5-6-17(14)19)15-7-11(2)12(3)8-16(15)18/h5-9,20H,4,10H2,1-3H3. The molecule has 0 aliphatic carbocycles. The second-order valence-corrected chi connectivity index (χ2v) is 5.41. The second-order valence-electron chi connectivity index (χ2n) is 5.00. The number of nitrogens with one attached hydrogen (secondary N) is 1. The van der Waals surface area contributed by atoms with Gasteiger partial charge in [-0.2, -0.15) is 0 Å². The van der Waals surface area contributed by atoms with Crippen molar-refractivity contribution in [3.8, 4) is 11.1 Å². The van der Waals surface area contributed by atoms with Gasteiger partial charge in [0.05, 0.1) is 0 Å². The maximum atomic E-state index is 13.8. The summed E-state index contributed by atoms with van der Waals surface area (Å²) in [5.74, 6) is -0.186. The van der Waals surface area contributed by atoms with E-state index in [0.717, 1.165) is 23.2 Å². The lowest BCUT2D eigenvalue weighted by atomic mass is 9.98. The zero-order chi connectivity index (χ0) is 14.7. The predicted molar refractivity (Wildman–Crippen MR) is 83.7 cm³/mol. The van der Waals surface area contributed by atoms with E-state index in [-0.39, 0.29) is 5.82 Å². The van der Waals surface area contributed by atoms with Crippen molar-refractivity contribution in [3.63, 3.8) is 0 Å². The molecule has 0 saturated carbocycles. The summed E-state index contributed by atoms with van der Waals surface area (Å²) in [6, 6.07) is 9.17. The molecule has 0 aliphatic heterocycles. The van der Waals surface area contributed by atoms with Crippen molar-refractivity contribution < 1.29 is 4.39 Å². The number of aryl methyl sites for hydroxylation is 2. The lowest BCUT2D eigenvalue weighted by molar-refractivity contribution is 0.593. The van der Waals surface area contributed by atoms with Gasteiger partial charge in [-0.1, -0.05) is 24.6 Å². The number of hydrogen-bond donors (Lipinski definition) is 1. The fourth-order valence-electron chi connectivity index (χ4n) is 2.14. The summed E-state index contributed by atoms with van der Waals surface area (Å²) in [5, 5.41) is 3.85. The summed E-state index contributed by atoms with van der Waals surface area (Å²) in [6.45, 7) is 7.43. The Kier molecular flexibility index (Phi) is 4.79. The first-order valence-corrected chi connectivity index (χ1v) is 7.17. The van der Waals surface area contributed by atoms with Crippen LogP contribution in [0.3, 0.4) is 0 Å². The molecule has 0 fully saturated rings. The molecule has 106 valence electrons. The minimum atomic E-state index is -0.186. The highest BCUT2D eigenvalue weighted by Crippen LogP contribution is 2.31. The van der Waals surface area contributed by atoms with Crippen LogP contribution in [0.4, 0.5) is 4.39 Å². The molecule has 0 unspecified atom stereocenters. The van der Waals surface area contributed by atoms with E-state index < -0.39 is 0 Å². The van der Waals surface area contributed by atoms with Crippen molar-refractivity contribution >= 4 is 11.6 Å². The molecule has 2 rings (SSSR count). The lowest BCUT2D eigenvalue weighted by Gasteiger charge is -2.11. The summed E-state index contributed by atoms with van der Waals surface area (Å²) in [6.07, 6.45) is 0. The minimum Gasteiger partial charge on any atom is -0.313 e. The molecule has 1 N–H and O–H groups in total. The van der Waals surface area contributed by atoms with Crippen molar-refractivity contribution in [1.82, 2.24) is 5.32 Å². The Bertz CT molecular complexity index is 623. The highest BCUT2D eigenvalue weighted by atomic mass is 35.5. The van der Waals surface area contributed by atoms with E-state index >= 15 is 0 Å². The first-order chi connectivity index (χ1) is 9.52. The van der Waals surface area contributed by atoms with Gasteiger partial charge >= 0.3 is 0 Å². The average Bonchev–Trinajstić information content (AvgIpc) is 2.42. The SMILES string of the molecule is CCNCc1cc(-c2cc(C)c(C)cc2Cl)ccc1F. The molecule has 0 amide bonds. The second kappa shape index (κ2) is 6.38. The molecule has 0 aliphatic rings. The van der Waals surface area contributed by atoms with Crippen LogP contribution in [0.1, 0.15) is 23.6 Å². The highest BCUT2D eigenvalue weighted by molar-refractivity contribution is 6.33. The van der Waals surface area contributed by atoms with Crippen LogP contribution in [-0.2, 0) is 6.54 Å². The van der Waals surface area contributed by atoms with Crippen LogP contribution >= 0.6 is 11.6 Å². The van der Waals surface area contributed by atoms with Crippen LogP contribution in [0.25, 0.3) is 11.1 Å². The summed E-state index contributed by atoms with van der Waals surface area (Å²) in [7, 11) is 0. The van der Waals surface area contributed by atoms with Crippen molar-refractivity contribution in [2.45, 2.75) is 27.3 Å². The fraction of sp³-hybridized carbons (Fsp3) is 0.294. The molecule has 0 radical (unpaired) electrons. The van der Waals surface area contributed by atoms with E-state index in [2.05, 4.69) is 18.3 Å². The van der Waals surface area contributed by atoms with Crippen LogP contribution in [0.5, 0.6) is 0 Å². The highest BCUT2D eigenvalue weighted by Gasteiger charge is 2.09. The van der Waals surface area contributed by atoms with Gasteiger partial charge in [0.2, 0.25) is 0 Å². The molecule has 2 aromatic rings. The zero-order valence-electron chi connectivity index (χ0n) is 12.1. The molecule has 20 heavy (non-hydrogen) atoms. The Morgan fingerprint density at radius 2 is 1.80 bits per heavy atom. The Morgan fingerprint density at radius 3 is 2.50 bits per heavy atom. The molecule has 0 aromatic heterocycles. The third-order valence-corrected chi connectivity index (χ3v) is 3.82. The normalized spacial score (nSPS) is 10.8. The molecule has 3 heteroatoms. The smallest absolute Gasteiger partial charge is 0.127 e. The van der Waals surface area contributed by atoms with Gasteiger partial charge in [-0.25, -0.2) is 4.39 Å². The fourth-order valence-corrected chi connectivity index (χ4v) is 2.47. The lowest BCUT2D eigenvalue weighted by Crippen LogP contribution is -2.13. The molecular weight excluding hydrogens is 273 g/mol. The van der Waals surface area contributed by atoms with Gasteiger partial charge in [0.15, 0.2) is 0 Å². The molecule has 0 saturated heterocycles. The Hall–Kier alpha value is -1.38. The Balaban J connectivity index is 2.45. The molecule has 1 nitrogen and oxygen atoms in total. The molecular formula is C17H19ClFN. The van der Waals surface area contributed by atoms with Gasteiger partial charge in [0, 0.05) is 22.7 Å². The van der Waals surface area contributed by atoms with Crippen molar-refractivity contribution in [2.24, 2.45) is 0 Å². The Morgan fingerprint density at radius 1 is 1.10 bits per heavy atom. The van der Waals surface area contributed by atoms with E-state index in [1.54, 1.807) is 6.07 Å². The molecule has 2 aromatic carbocycles. The van der Waals surface area contributed by atoms with Gasteiger partial charge in [0.25, 0.3) is 0 Å². The molecule has 0 atom stereocenters. The molecule has 0 heterocycles. The van der Waals surface area contributed by atoms with E-state index in [1.807, 2.05) is 26.0 Å². The summed E-state index contributed by atoms with van der Waals surface area (Å²) in [5.41, 5.74) is 4.91. The number of hydrogen-bond acceptors (Lipinski definition) is 1. The van der Waals surface area contributed by atoms with Gasteiger partial charge in [0.1, 0.15) is 5.82 Å². The van der Waals surface area contributed by atoms with Crippen LogP contribution in [0.15, 0.2) is 30.3 Å². The van der Waals surface area contributed by atoms with Gasteiger partial charge < -0.3 is 5.32 Å². The van der Waals surface area contributed by atoms with Crippen molar-refractivity contribution in [3.05, 3.63) is 57.9 Å². The van der Waals surface area contributed by atoms with E-state index in [9.17, 15) is 4.39 Å². The van der Waals surface area contributed by atoms with Crippen LogP contribution in [0, 0.1) is 19.7 Å². The largest absolute Gasteiger partial charge is 0.313 e. The maximum Gasteiger partial charge on any atom is 0.127 e. The first-order valence-electron chi connectivity index (χ1n) is 6.79. The minimum absolute atomic E-state index is 0.186. The topological polar surface area (TPSA) is 12.0 Å². The third kappa shape index (κ3) is 3.20. The Labute approximate surface area is 124 Å². The third-order valence-electron chi connectivity index (χ3n) is 3.51.